The third kappa shape index (κ3) is 4.30. The summed E-state index contributed by atoms with van der Waals surface area (Å²) >= 11 is 0. The van der Waals surface area contributed by atoms with E-state index in [0.717, 1.165) is 0 Å². The van der Waals surface area contributed by atoms with Gasteiger partial charge in [-0.05, 0) is 0 Å². The quantitative estimate of drug-likeness (QED) is 0.565. The van der Waals surface area contributed by atoms with Crippen molar-refractivity contribution in [2.45, 2.75) is 31.0 Å². The average molecular weight is 213 g/mol. The van der Waals surface area contributed by atoms with Crippen molar-refractivity contribution in [1.82, 2.24) is 0 Å². The van der Waals surface area contributed by atoms with Crippen molar-refractivity contribution in [2.75, 3.05) is 0 Å². The number of hydrogen-bond donors (Lipinski definition) is 1. The van der Waals surface area contributed by atoms with E-state index in [1.165, 1.54) is 0 Å². The van der Waals surface area contributed by atoms with Crippen molar-refractivity contribution in [3.8, 4) is 0 Å². The van der Waals surface area contributed by atoms with Gasteiger partial charge in [-0.2, -0.15) is 30.7 Å². The second-order valence-electron chi connectivity index (χ2n) is 2.44. The van der Waals surface area contributed by atoms with Crippen LogP contribution in [0.15, 0.2) is 0 Å². The second kappa shape index (κ2) is 3.32. The van der Waals surface area contributed by atoms with Crippen molar-refractivity contribution >= 4 is 0 Å². The van der Waals surface area contributed by atoms with Gasteiger partial charge in [-0.1, -0.05) is 0 Å². The molecule has 0 saturated carbocycles. The van der Waals surface area contributed by atoms with Gasteiger partial charge in [0.2, 0.25) is 0 Å². The van der Waals surface area contributed by atoms with E-state index in [1.807, 2.05) is 0 Å². The molecule has 0 bridgehead atoms. The molecule has 0 radical (unpaired) electrons. The topological polar surface area (TPSA) is 26.0 Å². The van der Waals surface area contributed by atoms with E-state index in [1.54, 1.807) is 0 Å². The number of halogens is 7. The monoisotopic (exact) mass is 213 g/mol. The van der Waals surface area contributed by atoms with E-state index >= 15 is 0 Å². The lowest BCUT2D eigenvalue weighted by Gasteiger charge is -2.22. The Balaban J connectivity index is 4.21. The predicted molar refractivity (Wildman–Crippen MR) is 29.4 cm³/mol. The van der Waals surface area contributed by atoms with Gasteiger partial charge < -0.3 is 0 Å². The zero-order chi connectivity index (χ0) is 10.9. The molecule has 0 rings (SSSR count). The molecule has 0 saturated heterocycles. The summed E-state index contributed by atoms with van der Waals surface area (Å²) in [5, 5.41) is 0. The average Bonchev–Trinajstić information content (AvgIpc) is 1.79. The minimum Gasteiger partial charge on any atom is -0.267 e. The Kier molecular flexibility index (Phi) is 3.18. The summed E-state index contributed by atoms with van der Waals surface area (Å²) < 4.78 is 81.7. The van der Waals surface area contributed by atoms with Gasteiger partial charge in [0.25, 0.3) is 0 Å². The van der Waals surface area contributed by atoms with Gasteiger partial charge >= 0.3 is 18.1 Å². The molecule has 0 aliphatic heterocycles. The Hall–Kier alpha value is -0.530. The van der Waals surface area contributed by atoms with Gasteiger partial charge in [-0.15, -0.1) is 0 Å². The molecule has 13 heavy (non-hydrogen) atoms. The van der Waals surface area contributed by atoms with Gasteiger partial charge in [0.15, 0.2) is 0 Å². The molecular formula is C5H6F7N. The summed E-state index contributed by atoms with van der Waals surface area (Å²) in [5.41, 5.74) is 3.69. The molecule has 0 spiro atoms. The Morgan fingerprint density at radius 3 is 1.38 bits per heavy atom. The Morgan fingerprint density at radius 2 is 1.15 bits per heavy atom. The van der Waals surface area contributed by atoms with E-state index in [9.17, 15) is 30.7 Å². The predicted octanol–water partition coefficient (Wildman–Crippen LogP) is 2.52. The van der Waals surface area contributed by atoms with Crippen molar-refractivity contribution in [2.24, 2.45) is 5.73 Å². The van der Waals surface area contributed by atoms with Crippen LogP contribution in [0.4, 0.5) is 30.7 Å². The maximum atomic E-state index is 12.1. The van der Waals surface area contributed by atoms with Gasteiger partial charge in [-0.3, -0.25) is 5.73 Å². The molecule has 0 unspecified atom stereocenters. The molecular weight excluding hydrogens is 207 g/mol. The molecule has 8 heteroatoms. The molecule has 0 aromatic heterocycles. The van der Waals surface area contributed by atoms with Crippen molar-refractivity contribution < 1.29 is 30.7 Å². The molecule has 0 aliphatic carbocycles. The number of hydrogen-bond acceptors (Lipinski definition) is 1. The maximum absolute atomic E-state index is 12.1. The molecule has 0 atom stereocenters. The lowest BCUT2D eigenvalue weighted by Crippen LogP contribution is -2.48. The fourth-order valence-corrected chi connectivity index (χ4v) is 0.465. The third-order valence-corrected chi connectivity index (χ3v) is 1.21. The first-order valence-corrected chi connectivity index (χ1v) is 3.07. The van der Waals surface area contributed by atoms with Crippen LogP contribution in [0.5, 0.6) is 0 Å². The highest BCUT2D eigenvalue weighted by atomic mass is 19.4. The summed E-state index contributed by atoms with van der Waals surface area (Å²) in [4.78, 5) is 0. The minimum absolute atomic E-state index is 1.99. The molecule has 0 aliphatic rings. The second-order valence-corrected chi connectivity index (χ2v) is 2.44. The Morgan fingerprint density at radius 1 is 0.769 bits per heavy atom. The van der Waals surface area contributed by atoms with Crippen molar-refractivity contribution in [3.63, 3.8) is 0 Å². The van der Waals surface area contributed by atoms with Gasteiger partial charge in [-0.25, -0.2) is 0 Å². The Bertz CT molecular complexity index is 167. The molecule has 1 nitrogen and oxygen atoms in total. The van der Waals surface area contributed by atoms with E-state index in [2.05, 4.69) is 5.73 Å². The highest BCUT2D eigenvalue weighted by Gasteiger charge is 2.54. The smallest absolute Gasteiger partial charge is 0.267 e. The molecule has 0 amide bonds. The first-order valence-electron chi connectivity index (χ1n) is 3.07. The van der Waals surface area contributed by atoms with Gasteiger partial charge in [0, 0.05) is 12.8 Å². The summed E-state index contributed by atoms with van der Waals surface area (Å²) in [5.74, 6) is -4.83. The summed E-state index contributed by atoms with van der Waals surface area (Å²) in [6.45, 7) is 0. The number of nitrogens with two attached hydrogens (primary N) is 1. The van der Waals surface area contributed by atoms with Crippen LogP contribution >= 0.6 is 0 Å². The first kappa shape index (κ1) is 12.5. The van der Waals surface area contributed by atoms with Crippen molar-refractivity contribution in [1.29, 1.82) is 0 Å². The third-order valence-electron chi connectivity index (χ3n) is 1.21. The highest BCUT2D eigenvalue weighted by molar-refractivity contribution is 4.79. The molecule has 0 heterocycles. The highest BCUT2D eigenvalue weighted by Crippen LogP contribution is 2.36. The molecule has 2 N–H and O–H groups in total. The Labute approximate surface area is 68.7 Å². The van der Waals surface area contributed by atoms with Crippen LogP contribution < -0.4 is 5.73 Å². The normalized spacial score (nSPS) is 14.8. The van der Waals surface area contributed by atoms with Crippen LogP contribution in [-0.4, -0.2) is 18.1 Å². The zero-order valence-electron chi connectivity index (χ0n) is 6.14. The van der Waals surface area contributed by atoms with Gasteiger partial charge in [0.1, 0.15) is 0 Å². The zero-order valence-corrected chi connectivity index (χ0v) is 6.14. The van der Waals surface area contributed by atoms with Crippen LogP contribution in [0.2, 0.25) is 0 Å². The fourth-order valence-electron chi connectivity index (χ4n) is 0.465. The maximum Gasteiger partial charge on any atom is 0.389 e. The van der Waals surface area contributed by atoms with E-state index in [4.69, 9.17) is 0 Å². The van der Waals surface area contributed by atoms with E-state index in [0.29, 0.717) is 0 Å². The number of rotatable bonds is 3. The van der Waals surface area contributed by atoms with Crippen LogP contribution in [0, 0.1) is 0 Å². The van der Waals surface area contributed by atoms with E-state index < -0.39 is 31.0 Å². The molecule has 80 valence electrons. The summed E-state index contributed by atoms with van der Waals surface area (Å²) in [7, 11) is 0. The first-order chi connectivity index (χ1) is 5.46. The molecule has 0 aromatic carbocycles. The van der Waals surface area contributed by atoms with Crippen molar-refractivity contribution in [3.05, 3.63) is 0 Å². The largest absolute Gasteiger partial charge is 0.389 e. The summed E-state index contributed by atoms with van der Waals surface area (Å²) in [6, 6.07) is -4.92. The standard InChI is InChI=1S/C5H6F7N/c6-3(7,5(11,12)13)1-2-4(8,9)10/h1-2,13H2. The molecule has 0 fully saturated rings. The van der Waals surface area contributed by atoms with Crippen LogP contribution in [0.25, 0.3) is 0 Å². The lowest BCUT2D eigenvalue weighted by molar-refractivity contribution is -0.224. The SMILES string of the molecule is NC(F)(F)C(F)(F)CCC(F)(F)F. The minimum atomic E-state index is -4.92. The number of alkyl halides is 7. The summed E-state index contributed by atoms with van der Waals surface area (Å²) in [6.07, 6.45) is -8.90. The van der Waals surface area contributed by atoms with Crippen LogP contribution in [0.1, 0.15) is 12.8 Å². The van der Waals surface area contributed by atoms with Gasteiger partial charge in [0.05, 0.1) is 0 Å². The van der Waals surface area contributed by atoms with E-state index in [-0.39, 0.29) is 0 Å². The molecule has 0 aromatic rings. The fraction of sp³-hybridized carbons (Fsp3) is 1.00. The lowest BCUT2D eigenvalue weighted by atomic mass is 10.1. The van der Waals surface area contributed by atoms with Crippen LogP contribution in [-0.2, 0) is 0 Å². The van der Waals surface area contributed by atoms with Crippen LogP contribution in [0.3, 0.4) is 0 Å².